The lowest BCUT2D eigenvalue weighted by Crippen LogP contribution is -2.67. The van der Waals surface area contributed by atoms with E-state index < -0.39 is 0 Å². The molecule has 0 unspecified atom stereocenters. The Morgan fingerprint density at radius 2 is 0.603 bits per heavy atom. The third-order valence-electron chi connectivity index (χ3n) is 19.1. The summed E-state index contributed by atoms with van der Waals surface area (Å²) in [5.74, 6) is -0.229. The van der Waals surface area contributed by atoms with Crippen molar-refractivity contribution in [2.75, 3.05) is 0 Å². The van der Waals surface area contributed by atoms with Gasteiger partial charge in [0.1, 0.15) is 5.82 Å². The highest BCUT2D eigenvalue weighted by molar-refractivity contribution is 7.04. The second-order valence-corrected chi connectivity index (χ2v) is 30.4. The van der Waals surface area contributed by atoms with Crippen LogP contribution in [0.3, 0.4) is 0 Å². The summed E-state index contributed by atoms with van der Waals surface area (Å²) in [6.07, 6.45) is 0. The standard InChI is InChI=1S/C72H72B2FN3/c1-67(2,3)38-21-25-55-45(27-38)47-29-40(69(7,8)9)33-51-60(47)76(55)64-57(37-19-23-44(75)24-20-37)65-59-66-58(64)73(51)53-35-42(71(13,14)15)31-49-50-32-43(72(16,17)18)36-54(63(50)78(66)62(49)53)74(59)52-34-41(70(10,11)12)30-48-46-28-39(68(4,5)6)22-26-56(46)77(65)61(48)52/h19-36H,1-18H3. The van der Waals surface area contributed by atoms with E-state index in [4.69, 9.17) is 0 Å². The van der Waals surface area contributed by atoms with Crippen molar-refractivity contribution in [3.05, 3.63) is 148 Å². The molecule has 0 saturated carbocycles. The Balaban J connectivity index is 1.28. The number of halogens is 1. The maximum atomic E-state index is 15.8. The van der Waals surface area contributed by atoms with Gasteiger partial charge in [0.25, 0.3) is 13.4 Å². The van der Waals surface area contributed by atoms with Gasteiger partial charge in [-0.05, 0) is 165 Å². The molecule has 11 aromatic rings. The molecular weight excluding hydrogens is 947 g/mol. The van der Waals surface area contributed by atoms with E-state index >= 15 is 4.39 Å². The van der Waals surface area contributed by atoms with Gasteiger partial charge in [0.15, 0.2) is 0 Å². The van der Waals surface area contributed by atoms with Crippen molar-refractivity contribution in [2.45, 2.75) is 157 Å². The van der Waals surface area contributed by atoms with Crippen molar-refractivity contribution >= 4 is 112 Å². The van der Waals surface area contributed by atoms with Gasteiger partial charge in [-0.1, -0.05) is 173 Å². The van der Waals surface area contributed by atoms with Gasteiger partial charge in [-0.15, -0.1) is 0 Å². The van der Waals surface area contributed by atoms with E-state index in [9.17, 15) is 0 Å². The average Bonchev–Trinajstić information content (AvgIpc) is 3.94. The molecule has 0 fully saturated rings. The van der Waals surface area contributed by atoms with Gasteiger partial charge in [-0.25, -0.2) is 4.39 Å². The lowest BCUT2D eigenvalue weighted by atomic mass is 9.29. The summed E-state index contributed by atoms with van der Waals surface area (Å²) < 4.78 is 24.0. The molecule has 3 nitrogen and oxygen atoms in total. The molecule has 0 radical (unpaired) electrons. The number of rotatable bonds is 1. The summed E-state index contributed by atoms with van der Waals surface area (Å²) in [7, 11) is 0. The Labute approximate surface area is 461 Å². The van der Waals surface area contributed by atoms with Crippen LogP contribution in [0.25, 0.3) is 93.6 Å². The first-order chi connectivity index (χ1) is 36.4. The fourth-order valence-corrected chi connectivity index (χ4v) is 14.8. The van der Waals surface area contributed by atoms with Gasteiger partial charge in [0.05, 0.1) is 22.4 Å². The first-order valence-electron chi connectivity index (χ1n) is 28.8. The molecule has 3 aromatic heterocycles. The van der Waals surface area contributed by atoms with Gasteiger partial charge >= 0.3 is 0 Å². The summed E-state index contributed by atoms with van der Waals surface area (Å²) >= 11 is 0. The first-order valence-corrected chi connectivity index (χ1v) is 28.8. The molecule has 4 aliphatic heterocycles. The van der Waals surface area contributed by atoms with Crippen LogP contribution in [0.5, 0.6) is 0 Å². The van der Waals surface area contributed by atoms with Crippen LogP contribution in [0.1, 0.15) is 158 Å². The zero-order chi connectivity index (χ0) is 54.9. The summed E-state index contributed by atoms with van der Waals surface area (Å²) in [6, 6.07) is 42.8. The molecule has 0 bridgehead atoms. The second-order valence-electron chi connectivity index (χ2n) is 30.4. The summed E-state index contributed by atoms with van der Waals surface area (Å²) in [4.78, 5) is 0. The van der Waals surface area contributed by atoms with Crippen LogP contribution < -0.4 is 32.8 Å². The predicted octanol–water partition coefficient (Wildman–Crippen LogP) is 14.9. The molecule has 388 valence electrons. The van der Waals surface area contributed by atoms with E-state index in [-0.39, 0.29) is 51.7 Å². The van der Waals surface area contributed by atoms with Crippen molar-refractivity contribution in [2.24, 2.45) is 0 Å². The second kappa shape index (κ2) is 14.5. The molecule has 0 aliphatic carbocycles. The molecule has 15 rings (SSSR count). The number of benzene rings is 8. The third kappa shape index (κ3) is 6.13. The van der Waals surface area contributed by atoms with E-state index in [2.05, 4.69) is 235 Å². The quantitative estimate of drug-likeness (QED) is 0.146. The van der Waals surface area contributed by atoms with Crippen LogP contribution in [0.2, 0.25) is 0 Å². The molecule has 0 saturated heterocycles. The van der Waals surface area contributed by atoms with Crippen LogP contribution in [0, 0.1) is 5.82 Å². The molecule has 7 heterocycles. The molecular formula is C72H72B2FN3. The van der Waals surface area contributed by atoms with E-state index in [1.54, 1.807) is 12.1 Å². The van der Waals surface area contributed by atoms with Crippen molar-refractivity contribution < 1.29 is 4.39 Å². The highest BCUT2D eigenvalue weighted by Crippen LogP contribution is 2.50. The number of hydrogen-bond acceptors (Lipinski definition) is 0. The molecule has 78 heavy (non-hydrogen) atoms. The molecule has 0 spiro atoms. The topological polar surface area (TPSA) is 14.8 Å². The fraction of sp³-hybridized carbons (Fsp3) is 0.333. The minimum absolute atomic E-state index is 0.0593. The minimum Gasteiger partial charge on any atom is -0.311 e. The molecule has 8 aromatic carbocycles. The van der Waals surface area contributed by atoms with Crippen LogP contribution in [0.4, 0.5) is 4.39 Å². The third-order valence-corrected chi connectivity index (χ3v) is 19.1. The average molecular weight is 1020 g/mol. The Morgan fingerprint density at radius 1 is 0.308 bits per heavy atom. The Bertz CT molecular complexity index is 4340. The smallest absolute Gasteiger partial charge is 0.252 e. The van der Waals surface area contributed by atoms with Gasteiger partial charge in [0, 0.05) is 65.6 Å². The van der Waals surface area contributed by atoms with Crippen molar-refractivity contribution in [3.8, 4) is 28.2 Å². The molecule has 6 heteroatoms. The number of aromatic nitrogens is 3. The van der Waals surface area contributed by atoms with Gasteiger partial charge < -0.3 is 13.7 Å². The van der Waals surface area contributed by atoms with Crippen LogP contribution in [0.15, 0.2) is 109 Å². The maximum Gasteiger partial charge on any atom is 0.252 e. The maximum absolute atomic E-state index is 15.8. The number of nitrogens with zero attached hydrogens (tertiary/aromatic N) is 3. The Hall–Kier alpha value is -6.78. The van der Waals surface area contributed by atoms with E-state index in [0.29, 0.717) is 0 Å². The highest BCUT2D eigenvalue weighted by Gasteiger charge is 2.52. The number of hydrogen-bond donors (Lipinski definition) is 0. The predicted molar refractivity (Wildman–Crippen MR) is 336 cm³/mol. The zero-order valence-electron chi connectivity index (χ0n) is 49.3. The molecule has 0 atom stereocenters. The molecule has 0 N–H and O–H groups in total. The van der Waals surface area contributed by atoms with Gasteiger partial charge in [-0.2, -0.15) is 0 Å². The van der Waals surface area contributed by atoms with Crippen LogP contribution in [-0.4, -0.2) is 27.1 Å². The SMILES string of the molecule is CC(C)(C)c1ccc2c(c1)c1cc(C(C)(C)C)cc3c1n2-c1c2c4c5c(c1-c1ccc(F)cc1)-n1c6ccc(C(C)(C)C)cc6c6cc(C(C)(C)C)cc(c61)B5c1cc(C(C)(C)C)cc5c6cc(C(C)(C)C)cc(c6n-4c15)B23. The monoisotopic (exact) mass is 1020 g/mol. The van der Waals surface area contributed by atoms with Gasteiger partial charge in [0.2, 0.25) is 0 Å². The summed E-state index contributed by atoms with van der Waals surface area (Å²) in [5, 5.41) is 7.86. The van der Waals surface area contributed by atoms with E-state index in [0.717, 1.165) is 11.1 Å². The normalized spacial score (nSPS) is 14.8. The fourth-order valence-electron chi connectivity index (χ4n) is 14.8. The minimum atomic E-state index is -0.229. The summed E-state index contributed by atoms with van der Waals surface area (Å²) in [5.41, 5.74) is 29.2. The van der Waals surface area contributed by atoms with Crippen LogP contribution in [-0.2, 0) is 32.5 Å². The summed E-state index contributed by atoms with van der Waals surface area (Å²) in [6.45, 7) is 42.5. The Kier molecular flexibility index (Phi) is 9.00. The Morgan fingerprint density at radius 3 is 0.923 bits per heavy atom. The van der Waals surface area contributed by atoms with Crippen molar-refractivity contribution in [3.63, 3.8) is 0 Å². The van der Waals surface area contributed by atoms with E-state index in [1.807, 2.05) is 0 Å². The lowest BCUT2D eigenvalue weighted by molar-refractivity contribution is 0.590. The highest BCUT2D eigenvalue weighted by atomic mass is 19.1. The largest absolute Gasteiger partial charge is 0.311 e. The van der Waals surface area contributed by atoms with Gasteiger partial charge in [-0.3, -0.25) is 0 Å². The lowest BCUT2D eigenvalue weighted by Gasteiger charge is -2.43. The molecule has 4 aliphatic rings. The zero-order valence-corrected chi connectivity index (χ0v) is 49.3. The van der Waals surface area contributed by atoms with Crippen molar-refractivity contribution in [1.29, 1.82) is 0 Å². The van der Waals surface area contributed by atoms with Crippen LogP contribution >= 0.6 is 0 Å². The number of fused-ring (bicyclic) bond motifs is 13. The first kappa shape index (κ1) is 48.4. The van der Waals surface area contributed by atoms with E-state index in [1.165, 1.54) is 149 Å². The molecule has 0 amide bonds. The van der Waals surface area contributed by atoms with Crippen molar-refractivity contribution in [1.82, 2.24) is 13.7 Å².